The van der Waals surface area contributed by atoms with Crippen LogP contribution in [0.5, 0.6) is 0 Å². The summed E-state index contributed by atoms with van der Waals surface area (Å²) >= 11 is 0. The number of aliphatic hydroxyl groups excluding tert-OH is 1. The highest BCUT2D eigenvalue weighted by Gasteiger charge is 2.23. The van der Waals surface area contributed by atoms with E-state index in [9.17, 15) is 21.9 Å². The highest BCUT2D eigenvalue weighted by Crippen LogP contribution is 2.23. The lowest BCUT2D eigenvalue weighted by atomic mass is 9.88. The van der Waals surface area contributed by atoms with Gasteiger partial charge in [-0.05, 0) is 31.6 Å². The molecule has 102 valence electrons. The third kappa shape index (κ3) is 6.35. The van der Waals surface area contributed by atoms with Gasteiger partial charge in [0, 0.05) is 12.8 Å². The van der Waals surface area contributed by atoms with E-state index in [0.29, 0.717) is 12.8 Å². The van der Waals surface area contributed by atoms with Crippen LogP contribution in [0.4, 0.5) is 0 Å². The van der Waals surface area contributed by atoms with E-state index in [1.807, 2.05) is 0 Å². The van der Waals surface area contributed by atoms with Crippen molar-refractivity contribution in [3.05, 3.63) is 0 Å². The summed E-state index contributed by atoms with van der Waals surface area (Å²) in [6, 6.07) is 0. The number of aliphatic hydroxyl groups is 1. The van der Waals surface area contributed by atoms with Gasteiger partial charge in [-0.2, -0.15) is 0 Å². The molecule has 0 spiro atoms. The van der Waals surface area contributed by atoms with Crippen LogP contribution in [0.2, 0.25) is 0 Å². The van der Waals surface area contributed by atoms with Crippen molar-refractivity contribution in [3.63, 3.8) is 0 Å². The molecule has 1 rings (SSSR count). The minimum atomic E-state index is -3.75. The zero-order valence-corrected chi connectivity index (χ0v) is 11.4. The molecule has 0 amide bonds. The zero-order chi connectivity index (χ0) is 13.1. The Bertz CT molecular complexity index is 434. The quantitative estimate of drug-likeness (QED) is 0.706. The van der Waals surface area contributed by atoms with Gasteiger partial charge < -0.3 is 5.11 Å². The molecule has 17 heavy (non-hydrogen) atoms. The first-order valence-corrected chi connectivity index (χ1v) is 9.22. The van der Waals surface area contributed by atoms with E-state index in [2.05, 4.69) is 4.72 Å². The minimum Gasteiger partial charge on any atom is -0.393 e. The minimum absolute atomic E-state index is 0.188. The van der Waals surface area contributed by atoms with Crippen molar-refractivity contribution in [2.75, 3.05) is 17.9 Å². The van der Waals surface area contributed by atoms with Crippen LogP contribution in [0.3, 0.4) is 0 Å². The Kier molecular flexibility index (Phi) is 4.94. The predicted molar refractivity (Wildman–Crippen MR) is 64.6 cm³/mol. The molecule has 0 radical (unpaired) electrons. The van der Waals surface area contributed by atoms with Gasteiger partial charge in [0.25, 0.3) is 0 Å². The van der Waals surface area contributed by atoms with E-state index in [-0.39, 0.29) is 18.6 Å². The average molecular weight is 285 g/mol. The second kappa shape index (κ2) is 5.64. The molecule has 0 aliphatic heterocycles. The van der Waals surface area contributed by atoms with Crippen molar-refractivity contribution in [1.82, 2.24) is 4.72 Å². The van der Waals surface area contributed by atoms with Crippen molar-refractivity contribution in [2.24, 2.45) is 5.92 Å². The van der Waals surface area contributed by atoms with E-state index in [4.69, 9.17) is 0 Å². The molecule has 8 heteroatoms. The van der Waals surface area contributed by atoms with Gasteiger partial charge in [-0.15, -0.1) is 0 Å². The van der Waals surface area contributed by atoms with E-state index in [1.54, 1.807) is 0 Å². The van der Waals surface area contributed by atoms with Gasteiger partial charge in [-0.25, -0.2) is 21.6 Å². The first kappa shape index (κ1) is 14.9. The molecular weight excluding hydrogens is 266 g/mol. The summed E-state index contributed by atoms with van der Waals surface area (Å²) in [6.45, 7) is 0.255. The van der Waals surface area contributed by atoms with E-state index < -0.39 is 24.9 Å². The molecule has 1 aliphatic rings. The molecule has 1 aliphatic carbocycles. The second-order valence-corrected chi connectivity index (χ2v) is 8.99. The number of sulfonamides is 1. The number of nitrogens with one attached hydrogen (secondary N) is 1. The maximum absolute atomic E-state index is 11.4. The lowest BCUT2D eigenvalue weighted by Crippen LogP contribution is -2.35. The molecule has 0 aromatic rings. The Morgan fingerprint density at radius 2 is 1.65 bits per heavy atom. The Labute approximate surface area is 102 Å². The fourth-order valence-electron chi connectivity index (χ4n) is 1.92. The Morgan fingerprint density at radius 3 is 2.12 bits per heavy atom. The summed E-state index contributed by atoms with van der Waals surface area (Å²) in [4.78, 5) is 0. The summed E-state index contributed by atoms with van der Waals surface area (Å²) in [5, 5.41) is 8.42. The molecular formula is C9H19NO5S2. The summed E-state index contributed by atoms with van der Waals surface area (Å²) in [5.41, 5.74) is 0. The SMILES string of the molecule is CS(=O)(=O)CS(=O)(=O)NCC1CCC(O)CC1. The van der Waals surface area contributed by atoms with Gasteiger partial charge in [0.15, 0.2) is 14.9 Å². The van der Waals surface area contributed by atoms with Crippen LogP contribution in [0.25, 0.3) is 0 Å². The molecule has 1 fully saturated rings. The highest BCUT2D eigenvalue weighted by molar-refractivity contribution is 8.06. The fraction of sp³-hybridized carbons (Fsp3) is 1.00. The van der Waals surface area contributed by atoms with Gasteiger partial charge in [0.2, 0.25) is 10.0 Å². The molecule has 6 nitrogen and oxygen atoms in total. The van der Waals surface area contributed by atoms with Gasteiger partial charge in [0.05, 0.1) is 6.10 Å². The van der Waals surface area contributed by atoms with Crippen molar-refractivity contribution in [2.45, 2.75) is 31.8 Å². The predicted octanol–water partition coefficient (Wildman–Crippen LogP) is -0.541. The maximum Gasteiger partial charge on any atom is 0.226 e. The van der Waals surface area contributed by atoms with Crippen molar-refractivity contribution in [1.29, 1.82) is 0 Å². The number of hydrogen-bond acceptors (Lipinski definition) is 5. The van der Waals surface area contributed by atoms with Gasteiger partial charge in [-0.3, -0.25) is 0 Å². The second-order valence-electron chi connectivity index (χ2n) is 4.68. The normalized spacial score (nSPS) is 26.9. The van der Waals surface area contributed by atoms with Crippen molar-refractivity contribution >= 4 is 19.9 Å². The van der Waals surface area contributed by atoms with Crippen LogP contribution in [0.1, 0.15) is 25.7 Å². The zero-order valence-electron chi connectivity index (χ0n) is 9.79. The van der Waals surface area contributed by atoms with Crippen LogP contribution in [0, 0.1) is 5.92 Å². The molecule has 1 saturated carbocycles. The van der Waals surface area contributed by atoms with Crippen molar-refractivity contribution in [3.8, 4) is 0 Å². The summed E-state index contributed by atoms with van der Waals surface area (Å²) in [5.74, 6) is 0.188. The summed E-state index contributed by atoms with van der Waals surface area (Å²) in [7, 11) is -7.29. The van der Waals surface area contributed by atoms with Crippen LogP contribution in [-0.4, -0.2) is 45.9 Å². The Hall–Kier alpha value is -0.180. The Morgan fingerprint density at radius 1 is 1.12 bits per heavy atom. The Balaban J connectivity index is 2.40. The highest BCUT2D eigenvalue weighted by atomic mass is 32.3. The van der Waals surface area contributed by atoms with Crippen LogP contribution < -0.4 is 4.72 Å². The maximum atomic E-state index is 11.4. The van der Waals surface area contributed by atoms with Crippen LogP contribution in [-0.2, 0) is 19.9 Å². The smallest absolute Gasteiger partial charge is 0.226 e. The first-order valence-electron chi connectivity index (χ1n) is 5.51. The first-order chi connectivity index (χ1) is 7.68. The molecule has 0 atom stereocenters. The molecule has 0 heterocycles. The molecule has 2 N–H and O–H groups in total. The lowest BCUT2D eigenvalue weighted by Gasteiger charge is -2.25. The largest absolute Gasteiger partial charge is 0.393 e. The van der Waals surface area contributed by atoms with Crippen molar-refractivity contribution < 1.29 is 21.9 Å². The molecule has 0 bridgehead atoms. The summed E-state index contributed by atoms with van der Waals surface area (Å²) < 4.78 is 46.9. The monoisotopic (exact) mass is 285 g/mol. The molecule has 0 aromatic carbocycles. The van der Waals surface area contributed by atoms with E-state index in [0.717, 1.165) is 19.1 Å². The van der Waals surface area contributed by atoms with Gasteiger partial charge >= 0.3 is 0 Å². The van der Waals surface area contributed by atoms with E-state index in [1.165, 1.54) is 0 Å². The van der Waals surface area contributed by atoms with Gasteiger partial charge in [0.1, 0.15) is 0 Å². The number of sulfone groups is 1. The molecule has 0 unspecified atom stereocenters. The van der Waals surface area contributed by atoms with E-state index >= 15 is 0 Å². The molecule has 0 saturated heterocycles. The average Bonchev–Trinajstić information content (AvgIpc) is 2.13. The standard InChI is InChI=1S/C9H19NO5S2/c1-16(12,13)7-17(14,15)10-6-8-2-4-9(11)5-3-8/h8-11H,2-7H2,1H3. The third-order valence-electron chi connectivity index (χ3n) is 2.78. The topological polar surface area (TPSA) is 101 Å². The third-order valence-corrected chi connectivity index (χ3v) is 6.34. The molecule has 0 aromatic heterocycles. The lowest BCUT2D eigenvalue weighted by molar-refractivity contribution is 0.110. The van der Waals surface area contributed by atoms with Crippen LogP contribution >= 0.6 is 0 Å². The van der Waals surface area contributed by atoms with Gasteiger partial charge in [-0.1, -0.05) is 0 Å². The summed E-state index contributed by atoms with van der Waals surface area (Å²) in [6.07, 6.45) is 3.50. The number of hydrogen-bond donors (Lipinski definition) is 2. The van der Waals surface area contributed by atoms with Crippen LogP contribution in [0.15, 0.2) is 0 Å². The fourth-order valence-corrected chi connectivity index (χ4v) is 4.99. The number of rotatable bonds is 5.